The summed E-state index contributed by atoms with van der Waals surface area (Å²) in [5.74, 6) is -2.29. The van der Waals surface area contributed by atoms with Crippen LogP contribution in [0.15, 0.2) is 0 Å². The molecule has 0 radical (unpaired) electrons. The largest absolute Gasteiger partial charge is 2.00 e. The fourth-order valence-corrected chi connectivity index (χ4v) is 1.10. The van der Waals surface area contributed by atoms with Crippen molar-refractivity contribution in [2.24, 2.45) is 0 Å². The van der Waals surface area contributed by atoms with Gasteiger partial charge in [0.1, 0.15) is 0 Å². The summed E-state index contributed by atoms with van der Waals surface area (Å²) in [5.41, 5.74) is 0. The summed E-state index contributed by atoms with van der Waals surface area (Å²) in [5, 5.41) is 31.5. The van der Waals surface area contributed by atoms with Crippen molar-refractivity contribution in [3.63, 3.8) is 0 Å². The molecule has 0 aromatic carbocycles. The minimum absolute atomic E-state index is 0. The average molecular weight is 322 g/mol. The number of rotatable bonds is 4. The van der Waals surface area contributed by atoms with E-state index in [9.17, 15) is 25.9 Å². The van der Waals surface area contributed by atoms with Crippen LogP contribution in [0.1, 0.15) is 0 Å². The second-order valence-electron chi connectivity index (χ2n) is 2.41. The van der Waals surface area contributed by atoms with Gasteiger partial charge in [0.2, 0.25) is 0 Å². The molecule has 0 bridgehead atoms. The van der Waals surface area contributed by atoms with Crippen LogP contribution in [0, 0.1) is 0 Å². The van der Waals surface area contributed by atoms with Crippen LogP contribution < -0.4 is 0 Å². The van der Waals surface area contributed by atoms with Crippen LogP contribution in [0.3, 0.4) is 0 Å². The predicted octanol–water partition coefficient (Wildman–Crippen LogP) is -4.70. The molecule has 0 aliphatic heterocycles. The summed E-state index contributed by atoms with van der Waals surface area (Å²) in [7, 11) is -8.95. The molecule has 100 valence electrons. The van der Waals surface area contributed by atoms with Crippen molar-refractivity contribution in [3.05, 3.63) is 0 Å². The summed E-state index contributed by atoms with van der Waals surface area (Å²) in [6, 6.07) is 0. The monoisotopic (exact) mass is 322 g/mol. The zero-order valence-electron chi connectivity index (χ0n) is 8.33. The van der Waals surface area contributed by atoms with Gasteiger partial charge in [-0.2, -0.15) is 0 Å². The molecule has 10 nitrogen and oxygen atoms in total. The van der Waals surface area contributed by atoms with Crippen LogP contribution in [-0.4, -0.2) is 108 Å². The standard InChI is InChI=1S/2C2H6O5S.Ca/c2*3-2(4)1-8(5,6)7;/h2*2-4H,1H2,(H,5,6,7);/q;;+2/p-2. The van der Waals surface area contributed by atoms with Gasteiger partial charge in [0.05, 0.1) is 31.7 Å². The molecule has 0 aromatic heterocycles. The van der Waals surface area contributed by atoms with Gasteiger partial charge in [-0.15, -0.1) is 0 Å². The van der Waals surface area contributed by atoms with E-state index >= 15 is 0 Å². The number of hydrogen-bond acceptors (Lipinski definition) is 10. The zero-order chi connectivity index (χ0) is 13.6. The van der Waals surface area contributed by atoms with E-state index in [0.717, 1.165) is 0 Å². The van der Waals surface area contributed by atoms with E-state index < -0.39 is 44.3 Å². The first-order valence-electron chi connectivity index (χ1n) is 3.43. The van der Waals surface area contributed by atoms with Crippen LogP contribution in [0.25, 0.3) is 0 Å². The van der Waals surface area contributed by atoms with E-state index in [1.165, 1.54) is 0 Å². The average Bonchev–Trinajstić information content (AvgIpc) is 1.72. The Morgan fingerprint density at radius 2 is 0.941 bits per heavy atom. The van der Waals surface area contributed by atoms with Gasteiger partial charge in [0, 0.05) is 0 Å². The van der Waals surface area contributed by atoms with E-state index in [1.807, 2.05) is 0 Å². The maximum Gasteiger partial charge on any atom is 2.00 e. The van der Waals surface area contributed by atoms with Crippen LogP contribution in [-0.2, 0) is 20.2 Å². The first-order chi connectivity index (χ1) is 6.83. The van der Waals surface area contributed by atoms with Gasteiger partial charge in [-0.25, -0.2) is 16.8 Å². The molecule has 0 amide bonds. The van der Waals surface area contributed by atoms with Crippen LogP contribution in [0.4, 0.5) is 0 Å². The minimum Gasteiger partial charge on any atom is -0.748 e. The molecular weight excluding hydrogens is 312 g/mol. The first kappa shape index (κ1) is 23.0. The number of aliphatic hydroxyl groups is 4. The molecule has 0 aliphatic rings. The molecule has 0 aliphatic carbocycles. The molecule has 4 N–H and O–H groups in total. The molecule has 0 saturated carbocycles. The molecule has 17 heavy (non-hydrogen) atoms. The second kappa shape index (κ2) is 9.80. The molecule has 13 heteroatoms. The molecule has 0 heterocycles. The maximum atomic E-state index is 9.57. The van der Waals surface area contributed by atoms with Gasteiger partial charge >= 0.3 is 37.7 Å². The topological polar surface area (TPSA) is 195 Å². The predicted molar refractivity (Wildman–Crippen MR) is 51.3 cm³/mol. The fourth-order valence-electron chi connectivity index (χ4n) is 0.365. The van der Waals surface area contributed by atoms with Gasteiger partial charge in [-0.1, -0.05) is 0 Å². The minimum atomic E-state index is -4.47. The molecule has 0 rings (SSSR count). The van der Waals surface area contributed by atoms with Gasteiger partial charge in [0.15, 0.2) is 12.6 Å². The molecular formula is C4H10CaO10S2. The van der Waals surface area contributed by atoms with E-state index in [0.29, 0.717) is 0 Å². The van der Waals surface area contributed by atoms with Gasteiger partial charge < -0.3 is 29.5 Å². The third kappa shape index (κ3) is 31.6. The summed E-state index contributed by atoms with van der Waals surface area (Å²) < 4.78 is 57.4. The Bertz CT molecular complexity index is 331. The van der Waals surface area contributed by atoms with Crippen LogP contribution >= 0.6 is 0 Å². The van der Waals surface area contributed by atoms with Crippen LogP contribution in [0.2, 0.25) is 0 Å². The van der Waals surface area contributed by atoms with Crippen molar-refractivity contribution in [2.75, 3.05) is 11.5 Å². The summed E-state index contributed by atoms with van der Waals surface area (Å²) >= 11 is 0. The van der Waals surface area contributed by atoms with Crippen molar-refractivity contribution in [1.29, 1.82) is 0 Å². The SMILES string of the molecule is O=S(=O)([O-])CC(O)O.O=S(=O)([O-])CC(O)O.[Ca+2]. The van der Waals surface area contributed by atoms with E-state index in [4.69, 9.17) is 20.4 Å². The Labute approximate surface area is 127 Å². The van der Waals surface area contributed by atoms with Crippen LogP contribution in [0.5, 0.6) is 0 Å². The Kier molecular flexibility index (Phi) is 13.3. The Morgan fingerprint density at radius 1 is 0.765 bits per heavy atom. The molecule has 0 unspecified atom stereocenters. The maximum absolute atomic E-state index is 9.57. The Hall–Kier alpha value is 0.920. The smallest absolute Gasteiger partial charge is 0.748 e. The molecule has 0 atom stereocenters. The molecule has 0 fully saturated rings. The van der Waals surface area contributed by atoms with Crippen molar-refractivity contribution < 1.29 is 46.4 Å². The van der Waals surface area contributed by atoms with Crippen molar-refractivity contribution in [3.8, 4) is 0 Å². The number of hydrogen-bond donors (Lipinski definition) is 4. The fraction of sp³-hybridized carbons (Fsp3) is 1.00. The van der Waals surface area contributed by atoms with Gasteiger partial charge in [-0.05, 0) is 0 Å². The van der Waals surface area contributed by atoms with Crippen molar-refractivity contribution >= 4 is 58.0 Å². The third-order valence-corrected chi connectivity index (χ3v) is 2.12. The first-order valence-corrected chi connectivity index (χ1v) is 6.58. The third-order valence-electron chi connectivity index (χ3n) is 0.706. The van der Waals surface area contributed by atoms with E-state index in [2.05, 4.69) is 0 Å². The normalized spacial score (nSPS) is 11.8. The Balaban J connectivity index is -0.000000218. The van der Waals surface area contributed by atoms with Crippen molar-refractivity contribution in [2.45, 2.75) is 12.6 Å². The molecule has 0 saturated heterocycles. The second-order valence-corrected chi connectivity index (χ2v) is 5.31. The van der Waals surface area contributed by atoms with Gasteiger partial charge in [-0.3, -0.25) is 0 Å². The summed E-state index contributed by atoms with van der Waals surface area (Å²) in [6.45, 7) is 0. The number of aliphatic hydroxyl groups excluding tert-OH is 2. The van der Waals surface area contributed by atoms with Gasteiger partial charge in [0.25, 0.3) is 0 Å². The molecule has 0 spiro atoms. The summed E-state index contributed by atoms with van der Waals surface area (Å²) in [4.78, 5) is 0. The quantitative estimate of drug-likeness (QED) is 0.222. The van der Waals surface area contributed by atoms with Crippen molar-refractivity contribution in [1.82, 2.24) is 0 Å². The Morgan fingerprint density at radius 3 is 0.941 bits per heavy atom. The zero-order valence-corrected chi connectivity index (χ0v) is 12.2. The van der Waals surface area contributed by atoms with E-state index in [-0.39, 0.29) is 37.7 Å². The molecule has 0 aromatic rings. The summed E-state index contributed by atoms with van der Waals surface area (Å²) in [6.07, 6.45) is -4.12. The van der Waals surface area contributed by atoms with E-state index in [1.54, 1.807) is 0 Å².